The molecule has 3 aliphatic carbocycles. The highest BCUT2D eigenvalue weighted by Gasteiger charge is 2.27. The molecular weight excluding hydrogens is 196 g/mol. The third kappa shape index (κ3) is 0.963. The normalized spacial score (nSPS) is 39.0. The fourth-order valence-corrected chi connectivity index (χ4v) is 2.04. The van der Waals surface area contributed by atoms with Gasteiger partial charge in [0.1, 0.15) is 0 Å². The smallest absolute Gasteiger partial charge is 0.0890 e. The molecule has 0 fully saturated rings. The van der Waals surface area contributed by atoms with Crippen LogP contribution in [0.3, 0.4) is 0 Å². The molecule has 2 aromatic rings. The van der Waals surface area contributed by atoms with Gasteiger partial charge in [0.25, 0.3) is 0 Å². The number of para-hydroxylation sites is 2. The molecule has 16 heavy (non-hydrogen) atoms. The van der Waals surface area contributed by atoms with Crippen LogP contribution < -0.4 is 0 Å². The Morgan fingerprint density at radius 1 is 0.938 bits per heavy atom. The van der Waals surface area contributed by atoms with E-state index in [-0.39, 0.29) is 12.1 Å². The summed E-state index contributed by atoms with van der Waals surface area (Å²) in [4.78, 5) is 8.88. The summed E-state index contributed by atoms with van der Waals surface area (Å²) in [7, 11) is 0. The zero-order valence-corrected chi connectivity index (χ0v) is 8.36. The molecule has 0 unspecified atom stereocenters. The highest BCUT2D eigenvalue weighted by molar-refractivity contribution is 5.75. The van der Waals surface area contributed by atoms with Gasteiger partial charge >= 0.3 is 0 Å². The molecule has 3 aliphatic rings. The summed E-state index contributed by atoms with van der Waals surface area (Å²) in [6, 6.07) is 6.88. The molecule has 0 saturated heterocycles. The molecule has 5 rings (SSSR count). The van der Waals surface area contributed by atoms with E-state index >= 15 is 0 Å². The van der Waals surface area contributed by atoms with Gasteiger partial charge in [-0.1, -0.05) is 36.4 Å². The van der Waals surface area contributed by atoms with E-state index in [4.69, 9.17) is 5.48 Å². The zero-order valence-electron chi connectivity index (χ0n) is 12.4. The Labute approximate surface area is 99.0 Å². The molecule has 1 aromatic carbocycles. The summed E-state index contributed by atoms with van der Waals surface area (Å²) < 4.78 is 32.9. The first-order chi connectivity index (χ1) is 9.47. The van der Waals surface area contributed by atoms with Crippen molar-refractivity contribution < 1.29 is 5.48 Å². The Hall–Kier alpha value is -1.96. The first-order valence-corrected chi connectivity index (χ1v) is 5.13. The molecule has 0 spiro atoms. The molecule has 0 saturated carbocycles. The van der Waals surface area contributed by atoms with Crippen molar-refractivity contribution in [3.8, 4) is 0 Å². The number of benzene rings is 1. The maximum absolute atomic E-state index is 8.45. The van der Waals surface area contributed by atoms with Crippen LogP contribution in [0.15, 0.2) is 48.5 Å². The Balaban J connectivity index is 2.16. The van der Waals surface area contributed by atoms with E-state index in [1.54, 1.807) is 12.1 Å². The summed E-state index contributed by atoms with van der Waals surface area (Å²) >= 11 is 0. The second-order valence-electron chi connectivity index (χ2n) is 3.82. The third-order valence-electron chi connectivity index (χ3n) is 2.83. The Morgan fingerprint density at radius 3 is 1.94 bits per heavy atom. The number of aromatic nitrogens is 2. The van der Waals surface area contributed by atoms with Crippen molar-refractivity contribution in [3.63, 3.8) is 0 Å². The molecule has 0 radical (unpaired) electrons. The molecule has 2 heteroatoms. The minimum Gasteiger partial charge on any atom is -0.248 e. The summed E-state index contributed by atoms with van der Waals surface area (Å²) in [5.74, 6) is -2.99. The quantitative estimate of drug-likeness (QED) is 0.625. The lowest BCUT2D eigenvalue weighted by atomic mass is 9.82. The first kappa shape index (κ1) is 5.39. The monoisotopic (exact) mass is 210 g/mol. The number of nitrogens with zero attached hydrogens (tertiary/aromatic N) is 2. The van der Waals surface area contributed by atoms with E-state index < -0.39 is 11.8 Å². The van der Waals surface area contributed by atoms with Gasteiger partial charge in [0, 0.05) is 14.5 Å². The average molecular weight is 210 g/mol. The fourth-order valence-electron chi connectivity index (χ4n) is 2.04. The predicted molar refractivity (Wildman–Crippen MR) is 63.3 cm³/mol. The van der Waals surface area contributed by atoms with E-state index in [1.807, 2.05) is 12.1 Å². The lowest BCUT2D eigenvalue weighted by Gasteiger charge is -2.26. The summed E-state index contributed by atoms with van der Waals surface area (Å²) in [6.07, 6.45) is 2.96. The molecule has 1 heterocycles. The Morgan fingerprint density at radius 2 is 1.44 bits per heavy atom. The molecule has 2 atom stereocenters. The molecule has 2 nitrogen and oxygen atoms in total. The molecule has 0 amide bonds. The van der Waals surface area contributed by atoms with Crippen LogP contribution in [0, 0.1) is 0 Å². The largest absolute Gasteiger partial charge is 0.248 e. The van der Waals surface area contributed by atoms with Crippen molar-refractivity contribution in [2.75, 3.05) is 0 Å². The van der Waals surface area contributed by atoms with Crippen LogP contribution >= 0.6 is 0 Å². The van der Waals surface area contributed by atoms with Crippen molar-refractivity contribution in [2.45, 2.75) is 11.8 Å². The fraction of sp³-hybridized carbons (Fsp3) is 0.143. The van der Waals surface area contributed by atoms with Crippen LogP contribution in [0.1, 0.15) is 28.7 Å². The van der Waals surface area contributed by atoms with Gasteiger partial charge < -0.3 is 0 Å². The minimum absolute atomic E-state index is 0.188. The van der Waals surface area contributed by atoms with Crippen molar-refractivity contribution in [2.24, 2.45) is 0 Å². The van der Waals surface area contributed by atoms with Gasteiger partial charge in [-0.25, -0.2) is 9.97 Å². The molecule has 76 valence electrons. The first-order valence-electron chi connectivity index (χ1n) is 7.13. The van der Waals surface area contributed by atoms with Crippen LogP contribution in [0.25, 0.3) is 11.0 Å². The minimum atomic E-state index is -1.49. The summed E-state index contributed by atoms with van der Waals surface area (Å²) in [5, 5.41) is 0. The predicted octanol–water partition coefficient (Wildman–Crippen LogP) is 2.94. The maximum atomic E-state index is 8.45. The molecule has 0 N–H and O–H groups in total. The Kier molecular flexibility index (Phi) is 0.940. The van der Waals surface area contributed by atoms with Crippen molar-refractivity contribution in [1.29, 1.82) is 0 Å². The van der Waals surface area contributed by atoms with Gasteiger partial charge in [-0.05, 0) is 12.1 Å². The van der Waals surface area contributed by atoms with Crippen molar-refractivity contribution in [1.82, 2.24) is 9.97 Å². The average Bonchev–Trinajstić information content (AvgIpc) is 2.47. The second kappa shape index (κ2) is 2.79. The second-order valence-corrected chi connectivity index (χ2v) is 3.82. The Bertz CT molecular complexity index is 763. The zero-order chi connectivity index (χ0) is 14.1. The van der Waals surface area contributed by atoms with Crippen molar-refractivity contribution in [3.05, 3.63) is 59.9 Å². The number of rotatable bonds is 0. The van der Waals surface area contributed by atoms with Gasteiger partial charge in [-0.15, -0.1) is 0 Å². The lowest BCUT2D eigenvalue weighted by Crippen LogP contribution is -2.16. The summed E-state index contributed by atoms with van der Waals surface area (Å²) in [6.45, 7) is 0. The molecular formula is C14H10N2. The van der Waals surface area contributed by atoms with E-state index in [0.29, 0.717) is 22.4 Å². The third-order valence-corrected chi connectivity index (χ3v) is 2.83. The SMILES string of the molecule is [2H]C1=C([2H])[C@@]2([2H])C=C[C@]1([2H])c1nc3ccccc3nc12. The van der Waals surface area contributed by atoms with Crippen LogP contribution in [0.5, 0.6) is 0 Å². The van der Waals surface area contributed by atoms with Crippen LogP contribution in [-0.4, -0.2) is 9.97 Å². The van der Waals surface area contributed by atoms with Crippen molar-refractivity contribution >= 4 is 11.0 Å². The van der Waals surface area contributed by atoms with Gasteiger partial charge in [0.15, 0.2) is 0 Å². The summed E-state index contributed by atoms with van der Waals surface area (Å²) in [5.41, 5.74) is 1.88. The number of allylic oxidation sites excluding steroid dienone is 4. The van der Waals surface area contributed by atoms with Crippen LogP contribution in [0.2, 0.25) is 0 Å². The van der Waals surface area contributed by atoms with E-state index in [2.05, 4.69) is 9.97 Å². The molecule has 0 aliphatic heterocycles. The lowest BCUT2D eigenvalue weighted by molar-refractivity contribution is 0.808. The highest BCUT2D eigenvalue weighted by Crippen LogP contribution is 2.38. The number of fused-ring (bicyclic) bond motifs is 1. The van der Waals surface area contributed by atoms with E-state index in [0.717, 1.165) is 0 Å². The maximum Gasteiger partial charge on any atom is 0.0890 e. The number of hydrogen-bond donors (Lipinski definition) is 0. The number of hydrogen-bond acceptors (Lipinski definition) is 2. The van der Waals surface area contributed by atoms with Gasteiger partial charge in [-0.3, -0.25) is 0 Å². The van der Waals surface area contributed by atoms with E-state index in [1.165, 1.54) is 12.2 Å². The molecule has 2 bridgehead atoms. The standard InChI is InChI=1S/C14H10N2/c1-2-4-12-11(3-1)15-13-9-5-7-10(8-6-9)14(13)16-12/h1-10H/t9-,10+/i5D,7D,9D,10D. The van der Waals surface area contributed by atoms with Gasteiger partial charge in [0.2, 0.25) is 0 Å². The van der Waals surface area contributed by atoms with Crippen LogP contribution in [-0.2, 0) is 0 Å². The van der Waals surface area contributed by atoms with Crippen LogP contribution in [0.4, 0.5) is 0 Å². The molecule has 1 aromatic heterocycles. The topological polar surface area (TPSA) is 25.8 Å². The van der Waals surface area contributed by atoms with Gasteiger partial charge in [-0.2, -0.15) is 0 Å². The van der Waals surface area contributed by atoms with Gasteiger partial charge in [0.05, 0.1) is 25.2 Å². The van der Waals surface area contributed by atoms with E-state index in [9.17, 15) is 0 Å². The highest BCUT2D eigenvalue weighted by atomic mass is 14.8.